The Balaban J connectivity index is 1.63. The minimum atomic E-state index is 0.0276. The third-order valence-corrected chi connectivity index (χ3v) is 5.52. The number of phenolic OH excluding ortho intramolecular Hbond substituents is 1. The van der Waals surface area contributed by atoms with Gasteiger partial charge in [-0.15, -0.1) is 10.2 Å². The number of hydrogen-bond donors (Lipinski definition) is 2. The number of rotatable bonds is 4. The molecule has 0 unspecified atom stereocenters. The van der Waals surface area contributed by atoms with Crippen molar-refractivity contribution >= 4 is 17.4 Å². The highest BCUT2D eigenvalue weighted by Crippen LogP contribution is 2.32. The molecule has 2 aromatic carbocycles. The van der Waals surface area contributed by atoms with Crippen LogP contribution in [0.4, 0.5) is 11.5 Å². The summed E-state index contributed by atoms with van der Waals surface area (Å²) in [5.74, 6) is 0.557. The number of nitrogens with two attached hydrogens (primary N) is 1. The number of anilines is 2. The van der Waals surface area contributed by atoms with Crippen molar-refractivity contribution in [2.45, 2.75) is 19.4 Å². The fraction of sp³-hybridized carbons (Fsp3) is 0.261. The summed E-state index contributed by atoms with van der Waals surface area (Å²) in [5.41, 5.74) is 9.29. The topological polar surface area (TPSA) is 95.6 Å². The lowest BCUT2D eigenvalue weighted by atomic mass is 10.0. The van der Waals surface area contributed by atoms with E-state index in [1.807, 2.05) is 35.2 Å². The lowest BCUT2D eigenvalue weighted by molar-refractivity contribution is -0.131. The molecule has 1 aliphatic rings. The number of nitrogens with zero attached hydrogens (tertiary/aromatic N) is 4. The predicted molar refractivity (Wildman–Crippen MR) is 117 cm³/mol. The molecule has 0 saturated carbocycles. The van der Waals surface area contributed by atoms with Crippen LogP contribution >= 0.6 is 0 Å². The van der Waals surface area contributed by atoms with Gasteiger partial charge >= 0.3 is 0 Å². The zero-order chi connectivity index (χ0) is 21.1. The number of nitrogen functional groups attached to an aromatic ring is 1. The van der Waals surface area contributed by atoms with Crippen LogP contribution in [0.1, 0.15) is 12.5 Å². The highest BCUT2D eigenvalue weighted by Gasteiger charge is 2.30. The van der Waals surface area contributed by atoms with Crippen LogP contribution in [0.2, 0.25) is 0 Å². The normalized spacial score (nSPS) is 16.5. The zero-order valence-electron chi connectivity index (χ0n) is 16.9. The highest BCUT2D eigenvalue weighted by atomic mass is 16.3. The fourth-order valence-corrected chi connectivity index (χ4v) is 4.02. The summed E-state index contributed by atoms with van der Waals surface area (Å²) in [4.78, 5) is 16.3. The number of benzene rings is 2. The number of aromatic hydroxyl groups is 1. The summed E-state index contributed by atoms with van der Waals surface area (Å²) in [7, 11) is 0. The summed E-state index contributed by atoms with van der Waals surface area (Å²) in [6.45, 7) is 3.53. The van der Waals surface area contributed by atoms with Gasteiger partial charge in [0.2, 0.25) is 5.91 Å². The summed E-state index contributed by atoms with van der Waals surface area (Å²) in [5, 5.41) is 18.5. The maximum atomic E-state index is 12.2. The maximum Gasteiger partial charge on any atom is 0.219 e. The average molecular weight is 403 g/mol. The molecule has 0 radical (unpaired) electrons. The first-order valence-corrected chi connectivity index (χ1v) is 10.0. The van der Waals surface area contributed by atoms with Gasteiger partial charge in [-0.1, -0.05) is 42.5 Å². The maximum absolute atomic E-state index is 12.2. The highest BCUT2D eigenvalue weighted by molar-refractivity contribution is 5.76. The molecule has 1 saturated heterocycles. The van der Waals surface area contributed by atoms with Gasteiger partial charge in [0.05, 0.1) is 17.4 Å². The predicted octanol–water partition coefficient (Wildman–Crippen LogP) is 2.71. The van der Waals surface area contributed by atoms with E-state index in [-0.39, 0.29) is 17.7 Å². The van der Waals surface area contributed by atoms with E-state index in [0.717, 1.165) is 12.1 Å². The summed E-state index contributed by atoms with van der Waals surface area (Å²) >= 11 is 0. The Bertz CT molecular complexity index is 1040. The van der Waals surface area contributed by atoms with E-state index in [2.05, 4.69) is 27.2 Å². The van der Waals surface area contributed by atoms with Crippen molar-refractivity contribution in [2.24, 2.45) is 0 Å². The molecular weight excluding hydrogens is 378 g/mol. The fourth-order valence-electron chi connectivity index (χ4n) is 4.02. The number of hydrogen-bond acceptors (Lipinski definition) is 6. The molecule has 7 nitrogen and oxygen atoms in total. The third kappa shape index (κ3) is 4.05. The van der Waals surface area contributed by atoms with Crippen LogP contribution in [0.15, 0.2) is 60.7 Å². The first-order chi connectivity index (χ1) is 14.5. The van der Waals surface area contributed by atoms with Gasteiger partial charge in [0.25, 0.3) is 0 Å². The van der Waals surface area contributed by atoms with Crippen LogP contribution in [0.25, 0.3) is 11.3 Å². The molecule has 7 heteroatoms. The molecule has 154 valence electrons. The Morgan fingerprint density at radius 1 is 1.10 bits per heavy atom. The van der Waals surface area contributed by atoms with Crippen molar-refractivity contribution in [3.05, 3.63) is 66.2 Å². The van der Waals surface area contributed by atoms with Gasteiger partial charge in [0.1, 0.15) is 5.75 Å². The number of para-hydroxylation sites is 1. The number of carbonyl (C=O) groups excluding carboxylic acids is 1. The van der Waals surface area contributed by atoms with E-state index in [1.165, 1.54) is 5.56 Å². The Labute approximate surface area is 175 Å². The van der Waals surface area contributed by atoms with Crippen molar-refractivity contribution in [3.63, 3.8) is 0 Å². The van der Waals surface area contributed by atoms with E-state index in [9.17, 15) is 9.90 Å². The van der Waals surface area contributed by atoms with E-state index in [0.29, 0.717) is 36.7 Å². The minimum absolute atomic E-state index is 0.0276. The zero-order valence-corrected chi connectivity index (χ0v) is 16.9. The largest absolute Gasteiger partial charge is 0.507 e. The van der Waals surface area contributed by atoms with Crippen molar-refractivity contribution < 1.29 is 9.90 Å². The molecule has 2 heterocycles. The molecule has 1 atom stereocenters. The first kappa shape index (κ1) is 19.7. The Morgan fingerprint density at radius 2 is 1.83 bits per heavy atom. The molecule has 0 aliphatic carbocycles. The molecule has 0 bridgehead atoms. The second-order valence-corrected chi connectivity index (χ2v) is 7.52. The molecule has 3 N–H and O–H groups in total. The average Bonchev–Trinajstić information content (AvgIpc) is 2.75. The van der Waals surface area contributed by atoms with Gasteiger partial charge in [-0.05, 0) is 30.2 Å². The molecule has 3 aromatic rings. The lowest BCUT2D eigenvalue weighted by Crippen LogP contribution is -2.55. The second-order valence-electron chi connectivity index (χ2n) is 7.52. The number of aromatic nitrogens is 2. The van der Waals surface area contributed by atoms with Crippen molar-refractivity contribution in [1.82, 2.24) is 15.1 Å². The molecule has 4 rings (SSSR count). The van der Waals surface area contributed by atoms with Crippen LogP contribution in [0.5, 0.6) is 5.75 Å². The van der Waals surface area contributed by atoms with Crippen LogP contribution in [0.3, 0.4) is 0 Å². The van der Waals surface area contributed by atoms with Crippen LogP contribution in [-0.2, 0) is 11.2 Å². The SMILES string of the molecule is CC(=O)N1CCN(c2cc(-c3ccccc3O)nnc2N)C[C@H]1Cc1ccccc1. The van der Waals surface area contributed by atoms with Crippen LogP contribution in [-0.4, -0.2) is 51.8 Å². The molecular formula is C23H25N5O2. The lowest BCUT2D eigenvalue weighted by Gasteiger charge is -2.42. The van der Waals surface area contributed by atoms with Crippen molar-refractivity contribution in [1.29, 1.82) is 0 Å². The quantitative estimate of drug-likeness (QED) is 0.695. The Morgan fingerprint density at radius 3 is 2.57 bits per heavy atom. The first-order valence-electron chi connectivity index (χ1n) is 10.0. The van der Waals surface area contributed by atoms with Crippen LogP contribution < -0.4 is 10.6 Å². The van der Waals surface area contributed by atoms with E-state index >= 15 is 0 Å². The van der Waals surface area contributed by atoms with E-state index in [4.69, 9.17) is 5.73 Å². The molecule has 30 heavy (non-hydrogen) atoms. The standard InChI is InChI=1S/C23H25N5O2/c1-16(29)28-12-11-27(15-18(28)13-17-7-3-2-4-8-17)21-14-20(25-26-23(21)24)19-9-5-6-10-22(19)30/h2-10,14,18,30H,11-13,15H2,1H3,(H2,24,26)/t18-/m1/s1. The number of amides is 1. The van der Waals surface area contributed by atoms with E-state index < -0.39 is 0 Å². The summed E-state index contributed by atoms with van der Waals surface area (Å²) in [6.07, 6.45) is 0.766. The second kappa shape index (κ2) is 8.41. The number of carbonyl (C=O) groups is 1. The van der Waals surface area contributed by atoms with Gasteiger partial charge in [0.15, 0.2) is 5.82 Å². The number of piperazine rings is 1. The summed E-state index contributed by atoms with van der Waals surface area (Å²) < 4.78 is 0. The van der Waals surface area contributed by atoms with E-state index in [1.54, 1.807) is 25.1 Å². The molecule has 1 fully saturated rings. The summed E-state index contributed by atoms with van der Waals surface area (Å²) in [6, 6.07) is 19.1. The Kier molecular flexibility index (Phi) is 5.52. The molecule has 0 spiro atoms. The number of phenols is 1. The molecule has 1 aromatic heterocycles. The van der Waals surface area contributed by atoms with Gasteiger partial charge in [0, 0.05) is 32.1 Å². The van der Waals surface area contributed by atoms with Crippen molar-refractivity contribution in [3.8, 4) is 17.0 Å². The molecule has 1 aliphatic heterocycles. The van der Waals surface area contributed by atoms with Gasteiger partial charge < -0.3 is 20.6 Å². The minimum Gasteiger partial charge on any atom is -0.507 e. The third-order valence-electron chi connectivity index (χ3n) is 5.52. The van der Waals surface area contributed by atoms with Crippen LogP contribution in [0, 0.1) is 0 Å². The van der Waals surface area contributed by atoms with Gasteiger partial charge in [-0.2, -0.15) is 0 Å². The monoisotopic (exact) mass is 403 g/mol. The van der Waals surface area contributed by atoms with Crippen molar-refractivity contribution in [2.75, 3.05) is 30.3 Å². The van der Waals surface area contributed by atoms with Gasteiger partial charge in [-0.25, -0.2) is 0 Å². The Hall–Kier alpha value is -3.61. The molecule has 1 amide bonds. The smallest absolute Gasteiger partial charge is 0.219 e. The van der Waals surface area contributed by atoms with Gasteiger partial charge in [-0.3, -0.25) is 4.79 Å².